The van der Waals surface area contributed by atoms with Crippen molar-refractivity contribution in [2.24, 2.45) is 0 Å². The average Bonchev–Trinajstić information content (AvgIpc) is 2.43. The van der Waals surface area contributed by atoms with Crippen LogP contribution in [0.15, 0.2) is 46.9 Å². The molecule has 8 heteroatoms. The van der Waals surface area contributed by atoms with Gasteiger partial charge in [-0.25, -0.2) is 0 Å². The molecule has 0 spiro atoms. The van der Waals surface area contributed by atoms with Gasteiger partial charge in [0.1, 0.15) is 5.02 Å². The van der Waals surface area contributed by atoms with Crippen LogP contribution in [0.4, 0.5) is 17.1 Å². The van der Waals surface area contributed by atoms with Gasteiger partial charge < -0.3 is 10.6 Å². The lowest BCUT2D eigenvalue weighted by Gasteiger charge is -2.10. The first kappa shape index (κ1) is 15.7. The first-order chi connectivity index (χ1) is 9.95. The van der Waals surface area contributed by atoms with Crippen molar-refractivity contribution in [3.8, 4) is 0 Å². The van der Waals surface area contributed by atoms with E-state index < -0.39 is 4.92 Å². The third-order valence-corrected chi connectivity index (χ3v) is 3.56. The van der Waals surface area contributed by atoms with E-state index in [4.69, 9.17) is 23.8 Å². The maximum Gasteiger partial charge on any atom is 0.289 e. The Morgan fingerprint density at radius 1 is 1.14 bits per heavy atom. The maximum atomic E-state index is 10.8. The Morgan fingerprint density at radius 2 is 1.71 bits per heavy atom. The van der Waals surface area contributed by atoms with Gasteiger partial charge in [-0.2, -0.15) is 0 Å². The molecule has 0 radical (unpaired) electrons. The fourth-order valence-corrected chi connectivity index (χ4v) is 2.24. The molecule has 2 aromatic rings. The molecule has 0 aliphatic carbocycles. The van der Waals surface area contributed by atoms with Crippen LogP contribution >= 0.6 is 39.7 Å². The number of benzene rings is 2. The van der Waals surface area contributed by atoms with Crippen molar-refractivity contribution in [3.05, 3.63) is 62.1 Å². The summed E-state index contributed by atoms with van der Waals surface area (Å²) in [4.78, 5) is 10.3. The molecule has 21 heavy (non-hydrogen) atoms. The summed E-state index contributed by atoms with van der Waals surface area (Å²) in [6.07, 6.45) is 0. The van der Waals surface area contributed by atoms with Crippen LogP contribution in [0.3, 0.4) is 0 Å². The van der Waals surface area contributed by atoms with E-state index in [0.717, 1.165) is 10.2 Å². The fraction of sp³-hybridized carbons (Fsp3) is 0. The van der Waals surface area contributed by atoms with Crippen LogP contribution in [0.25, 0.3) is 0 Å². The van der Waals surface area contributed by atoms with E-state index in [1.807, 2.05) is 24.3 Å². The molecule has 0 fully saturated rings. The third kappa shape index (κ3) is 4.38. The topological polar surface area (TPSA) is 67.2 Å². The Balaban J connectivity index is 2.07. The summed E-state index contributed by atoms with van der Waals surface area (Å²) < 4.78 is 0.959. The zero-order valence-electron chi connectivity index (χ0n) is 10.5. The van der Waals surface area contributed by atoms with Gasteiger partial charge >= 0.3 is 0 Å². The summed E-state index contributed by atoms with van der Waals surface area (Å²) in [5, 5.41) is 17.1. The number of nitrogens with zero attached hydrogens (tertiary/aromatic N) is 1. The molecule has 2 aromatic carbocycles. The van der Waals surface area contributed by atoms with Crippen LogP contribution in [-0.2, 0) is 0 Å². The lowest BCUT2D eigenvalue weighted by molar-refractivity contribution is -0.384. The lowest BCUT2D eigenvalue weighted by atomic mass is 10.3. The number of hydrogen-bond donors (Lipinski definition) is 2. The van der Waals surface area contributed by atoms with Crippen molar-refractivity contribution in [1.82, 2.24) is 0 Å². The van der Waals surface area contributed by atoms with Crippen molar-refractivity contribution in [3.63, 3.8) is 0 Å². The molecule has 0 unspecified atom stereocenters. The van der Waals surface area contributed by atoms with E-state index in [-0.39, 0.29) is 10.7 Å². The van der Waals surface area contributed by atoms with Crippen LogP contribution in [-0.4, -0.2) is 10.0 Å². The minimum Gasteiger partial charge on any atom is -0.332 e. The number of nitro groups is 1. The molecule has 5 nitrogen and oxygen atoms in total. The maximum absolute atomic E-state index is 10.8. The highest BCUT2D eigenvalue weighted by Crippen LogP contribution is 2.27. The molecule has 0 bridgehead atoms. The fourth-order valence-electron chi connectivity index (χ4n) is 1.56. The number of anilines is 2. The van der Waals surface area contributed by atoms with Gasteiger partial charge in [0.15, 0.2) is 5.11 Å². The SMILES string of the molecule is O=[N+]([O-])c1cc(NC(=S)Nc2ccc(Br)cc2)ccc1Cl. The minimum atomic E-state index is -0.543. The largest absolute Gasteiger partial charge is 0.332 e. The van der Waals surface area contributed by atoms with Crippen molar-refractivity contribution in [2.75, 3.05) is 10.6 Å². The molecule has 108 valence electrons. The summed E-state index contributed by atoms with van der Waals surface area (Å²) in [7, 11) is 0. The molecule has 0 saturated heterocycles. The number of nitro benzene ring substituents is 1. The normalized spacial score (nSPS) is 10.0. The second-order valence-electron chi connectivity index (χ2n) is 4.01. The Labute approximate surface area is 139 Å². The highest BCUT2D eigenvalue weighted by atomic mass is 79.9. The number of hydrogen-bond acceptors (Lipinski definition) is 3. The summed E-state index contributed by atoms with van der Waals surface area (Å²) in [6.45, 7) is 0. The molecular formula is C13H9BrClN3O2S. The van der Waals surface area contributed by atoms with E-state index in [2.05, 4.69) is 26.6 Å². The Kier molecular flexibility index (Phi) is 5.11. The van der Waals surface area contributed by atoms with E-state index in [9.17, 15) is 10.1 Å². The molecule has 0 aliphatic rings. The highest BCUT2D eigenvalue weighted by Gasteiger charge is 2.13. The number of halogens is 2. The molecule has 0 saturated carbocycles. The first-order valence-corrected chi connectivity index (χ1v) is 7.31. The second kappa shape index (κ2) is 6.84. The van der Waals surface area contributed by atoms with Crippen molar-refractivity contribution in [2.45, 2.75) is 0 Å². The monoisotopic (exact) mass is 385 g/mol. The Hall–Kier alpha value is -1.70. The zero-order valence-corrected chi connectivity index (χ0v) is 13.6. The molecule has 2 N–H and O–H groups in total. The van der Waals surface area contributed by atoms with E-state index in [1.165, 1.54) is 12.1 Å². The van der Waals surface area contributed by atoms with Gasteiger partial charge in [-0.15, -0.1) is 0 Å². The number of thiocarbonyl (C=S) groups is 1. The molecule has 0 heterocycles. The summed E-state index contributed by atoms with van der Waals surface area (Å²) in [5.74, 6) is 0. The van der Waals surface area contributed by atoms with E-state index >= 15 is 0 Å². The van der Waals surface area contributed by atoms with E-state index in [0.29, 0.717) is 10.8 Å². The molecule has 0 aromatic heterocycles. The summed E-state index contributed by atoms with van der Waals surface area (Å²) in [6, 6.07) is 11.8. The quantitative estimate of drug-likeness (QED) is 0.450. The highest BCUT2D eigenvalue weighted by molar-refractivity contribution is 9.10. The van der Waals surface area contributed by atoms with Gasteiger partial charge in [0, 0.05) is 21.9 Å². The van der Waals surface area contributed by atoms with Gasteiger partial charge in [-0.1, -0.05) is 27.5 Å². The molecular weight excluding hydrogens is 378 g/mol. The van der Waals surface area contributed by atoms with Crippen molar-refractivity contribution >= 4 is 61.9 Å². The van der Waals surface area contributed by atoms with E-state index in [1.54, 1.807) is 6.07 Å². The molecule has 0 amide bonds. The Morgan fingerprint density at radius 3 is 2.33 bits per heavy atom. The van der Waals surface area contributed by atoms with Gasteiger partial charge in [0.2, 0.25) is 0 Å². The van der Waals surface area contributed by atoms with Crippen molar-refractivity contribution < 1.29 is 4.92 Å². The second-order valence-corrected chi connectivity index (χ2v) is 5.74. The van der Waals surface area contributed by atoms with Gasteiger partial charge in [0.25, 0.3) is 5.69 Å². The molecule has 0 atom stereocenters. The van der Waals surface area contributed by atoms with Crippen LogP contribution < -0.4 is 10.6 Å². The molecule has 0 aliphatic heterocycles. The van der Waals surface area contributed by atoms with Crippen LogP contribution in [0.1, 0.15) is 0 Å². The van der Waals surface area contributed by atoms with Crippen LogP contribution in [0.5, 0.6) is 0 Å². The predicted molar refractivity (Wildman–Crippen MR) is 92.1 cm³/mol. The summed E-state index contributed by atoms with van der Waals surface area (Å²) >= 11 is 14.2. The van der Waals surface area contributed by atoms with Crippen LogP contribution in [0.2, 0.25) is 5.02 Å². The standard InChI is InChI=1S/C13H9BrClN3O2S/c14-8-1-3-9(4-2-8)16-13(21)17-10-5-6-11(15)12(7-10)18(19)20/h1-7H,(H2,16,17,21). The number of rotatable bonds is 3. The predicted octanol–water partition coefficient (Wildman–Crippen LogP) is 4.82. The minimum absolute atomic E-state index is 0.0809. The summed E-state index contributed by atoms with van der Waals surface area (Å²) in [5.41, 5.74) is 1.12. The zero-order chi connectivity index (χ0) is 15.4. The lowest BCUT2D eigenvalue weighted by Crippen LogP contribution is -2.19. The number of nitrogens with one attached hydrogen (secondary N) is 2. The first-order valence-electron chi connectivity index (χ1n) is 5.73. The molecule has 2 rings (SSSR count). The van der Waals surface area contributed by atoms with Crippen LogP contribution in [0, 0.1) is 10.1 Å². The van der Waals surface area contributed by atoms with Gasteiger partial charge in [-0.05, 0) is 48.6 Å². The third-order valence-electron chi connectivity index (χ3n) is 2.50. The average molecular weight is 387 g/mol. The smallest absolute Gasteiger partial charge is 0.289 e. The Bertz CT molecular complexity index is 694. The van der Waals surface area contributed by atoms with Gasteiger partial charge in [-0.3, -0.25) is 10.1 Å². The van der Waals surface area contributed by atoms with Crippen molar-refractivity contribution in [1.29, 1.82) is 0 Å². The van der Waals surface area contributed by atoms with Gasteiger partial charge in [0.05, 0.1) is 4.92 Å².